The molecule has 0 unspecified atom stereocenters. The highest BCUT2D eigenvalue weighted by atomic mass is 32.1. The summed E-state index contributed by atoms with van der Waals surface area (Å²) in [6.07, 6.45) is 2.40. The number of aryl methyl sites for hydroxylation is 2. The molecule has 7 heteroatoms. The number of nitrogens with one attached hydrogen (secondary N) is 1. The van der Waals surface area contributed by atoms with Crippen molar-refractivity contribution in [3.8, 4) is 11.3 Å². The monoisotopic (exact) mass is 325 g/mol. The maximum absolute atomic E-state index is 12.4. The van der Waals surface area contributed by atoms with Crippen LogP contribution in [0, 0.1) is 6.92 Å². The maximum atomic E-state index is 12.4. The molecule has 1 aromatic carbocycles. The fourth-order valence-electron chi connectivity index (χ4n) is 2.17. The summed E-state index contributed by atoms with van der Waals surface area (Å²) in [5.41, 5.74) is 3.17. The molecule has 0 atom stereocenters. The van der Waals surface area contributed by atoms with E-state index < -0.39 is 0 Å². The first-order valence-electron chi connectivity index (χ1n) is 7.20. The van der Waals surface area contributed by atoms with Gasteiger partial charge in [0, 0.05) is 17.4 Å². The summed E-state index contributed by atoms with van der Waals surface area (Å²) in [5, 5.41) is 6.85. The van der Waals surface area contributed by atoms with Crippen LogP contribution < -0.4 is 5.32 Å². The molecule has 0 saturated carbocycles. The minimum Gasteiger partial charge on any atom is -0.321 e. The number of rotatable bonds is 4. The van der Waals surface area contributed by atoms with E-state index in [2.05, 4.69) is 24.9 Å². The quantitative estimate of drug-likeness (QED) is 0.797. The highest BCUT2D eigenvalue weighted by Crippen LogP contribution is 2.22. The second kappa shape index (κ2) is 6.62. The van der Waals surface area contributed by atoms with E-state index in [0.717, 1.165) is 28.5 Å². The van der Waals surface area contributed by atoms with E-state index in [1.807, 2.05) is 44.2 Å². The smallest absolute Gasteiger partial charge is 0.269 e. The Morgan fingerprint density at radius 1 is 1.30 bits per heavy atom. The van der Waals surface area contributed by atoms with Gasteiger partial charge >= 0.3 is 0 Å². The van der Waals surface area contributed by atoms with Crippen LogP contribution in [-0.4, -0.2) is 25.5 Å². The molecule has 2 heterocycles. The van der Waals surface area contributed by atoms with Gasteiger partial charge in [-0.1, -0.05) is 23.5 Å². The molecule has 0 fully saturated rings. The second-order valence-electron chi connectivity index (χ2n) is 4.93. The Morgan fingerprint density at radius 2 is 2.17 bits per heavy atom. The van der Waals surface area contributed by atoms with E-state index in [1.165, 1.54) is 0 Å². The van der Waals surface area contributed by atoms with Gasteiger partial charge in [0.15, 0.2) is 0 Å². The van der Waals surface area contributed by atoms with Gasteiger partial charge in [0.05, 0.1) is 11.4 Å². The minimum atomic E-state index is -0.187. The van der Waals surface area contributed by atoms with E-state index in [4.69, 9.17) is 0 Å². The Labute approximate surface area is 137 Å². The zero-order valence-electron chi connectivity index (χ0n) is 12.8. The van der Waals surface area contributed by atoms with Crippen LogP contribution in [0.1, 0.15) is 28.1 Å². The third kappa shape index (κ3) is 3.40. The molecule has 1 amide bonds. The van der Waals surface area contributed by atoms with Crippen LogP contribution in [0.15, 0.2) is 36.5 Å². The van der Waals surface area contributed by atoms with Gasteiger partial charge in [-0.05, 0) is 43.1 Å². The molecule has 0 bridgehead atoms. The maximum Gasteiger partial charge on any atom is 0.269 e. The number of carbonyl (C=O) groups excluding carboxylic acids is 1. The Kier molecular flexibility index (Phi) is 4.38. The summed E-state index contributed by atoms with van der Waals surface area (Å²) in [6.45, 7) is 3.80. The number of aromatic nitrogens is 4. The van der Waals surface area contributed by atoms with Crippen molar-refractivity contribution < 1.29 is 4.79 Å². The predicted octanol–water partition coefficient (Wildman–Crippen LogP) is 3.12. The van der Waals surface area contributed by atoms with Crippen LogP contribution in [-0.2, 0) is 6.42 Å². The van der Waals surface area contributed by atoms with Gasteiger partial charge in [-0.3, -0.25) is 4.79 Å². The zero-order valence-corrected chi connectivity index (χ0v) is 13.6. The lowest BCUT2D eigenvalue weighted by Gasteiger charge is -2.07. The molecular formula is C16H15N5OS. The number of anilines is 1. The van der Waals surface area contributed by atoms with Gasteiger partial charge in [-0.2, -0.15) is 0 Å². The molecule has 0 aliphatic heterocycles. The minimum absolute atomic E-state index is 0.187. The van der Waals surface area contributed by atoms with Gasteiger partial charge < -0.3 is 5.32 Å². The van der Waals surface area contributed by atoms with Crippen LogP contribution in [0.4, 0.5) is 5.69 Å². The van der Waals surface area contributed by atoms with Crippen LogP contribution in [0.5, 0.6) is 0 Å². The Bertz CT molecular complexity index is 846. The summed E-state index contributed by atoms with van der Waals surface area (Å²) >= 11 is 1.11. The summed E-state index contributed by atoms with van der Waals surface area (Å²) in [4.78, 5) is 21.4. The fraction of sp³-hybridized carbons (Fsp3) is 0.188. The van der Waals surface area contributed by atoms with E-state index >= 15 is 0 Å². The number of nitrogens with zero attached hydrogens (tertiary/aromatic N) is 4. The average Bonchev–Trinajstić information content (AvgIpc) is 3.04. The third-order valence-electron chi connectivity index (χ3n) is 3.29. The van der Waals surface area contributed by atoms with Gasteiger partial charge in [0.1, 0.15) is 10.7 Å². The molecule has 0 radical (unpaired) electrons. The van der Waals surface area contributed by atoms with Crippen molar-refractivity contribution in [2.45, 2.75) is 20.3 Å². The number of hydrogen-bond acceptors (Lipinski definition) is 6. The molecule has 3 aromatic rings. The number of hydrogen-bond donors (Lipinski definition) is 1. The van der Waals surface area contributed by atoms with Gasteiger partial charge in [-0.15, -0.1) is 5.10 Å². The molecule has 0 aliphatic carbocycles. The molecule has 3 rings (SSSR count). The standard InChI is InChI=1S/C16H15N5OS/c1-3-13-15(23-21-20-13)16(22)19-12-6-4-5-11(9-12)14-7-8-17-10(2)18-14/h4-9H,3H2,1-2H3,(H,19,22). The van der Waals surface area contributed by atoms with Crippen molar-refractivity contribution in [2.75, 3.05) is 5.32 Å². The molecule has 0 aliphatic rings. The largest absolute Gasteiger partial charge is 0.321 e. The topological polar surface area (TPSA) is 80.7 Å². The van der Waals surface area contributed by atoms with Crippen molar-refractivity contribution in [1.29, 1.82) is 0 Å². The highest BCUT2D eigenvalue weighted by molar-refractivity contribution is 7.08. The summed E-state index contributed by atoms with van der Waals surface area (Å²) in [6, 6.07) is 9.41. The number of benzene rings is 1. The van der Waals surface area contributed by atoms with Crippen LogP contribution in [0.3, 0.4) is 0 Å². The lowest BCUT2D eigenvalue weighted by atomic mass is 10.1. The van der Waals surface area contributed by atoms with Gasteiger partial charge in [0.25, 0.3) is 5.91 Å². The normalized spacial score (nSPS) is 10.5. The summed E-state index contributed by atoms with van der Waals surface area (Å²) < 4.78 is 3.84. The lowest BCUT2D eigenvalue weighted by molar-refractivity contribution is 0.102. The first-order chi connectivity index (χ1) is 11.2. The SMILES string of the molecule is CCc1nnsc1C(=O)Nc1cccc(-c2ccnc(C)n2)c1. The van der Waals surface area contributed by atoms with Crippen molar-refractivity contribution >= 4 is 23.1 Å². The van der Waals surface area contributed by atoms with Crippen LogP contribution >= 0.6 is 11.5 Å². The third-order valence-corrected chi connectivity index (χ3v) is 4.06. The molecule has 0 spiro atoms. The van der Waals surface area contributed by atoms with E-state index in [9.17, 15) is 4.79 Å². The molecule has 6 nitrogen and oxygen atoms in total. The van der Waals surface area contributed by atoms with Gasteiger partial charge in [-0.25, -0.2) is 9.97 Å². The second-order valence-corrected chi connectivity index (χ2v) is 5.68. The Morgan fingerprint density at radius 3 is 2.96 bits per heavy atom. The van der Waals surface area contributed by atoms with Crippen LogP contribution in [0.2, 0.25) is 0 Å². The van der Waals surface area contributed by atoms with E-state index in [0.29, 0.717) is 22.8 Å². The first kappa shape index (κ1) is 15.2. The summed E-state index contributed by atoms with van der Waals surface area (Å²) in [5.74, 6) is 0.521. The summed E-state index contributed by atoms with van der Waals surface area (Å²) in [7, 11) is 0. The number of amides is 1. The van der Waals surface area contributed by atoms with Crippen molar-refractivity contribution in [2.24, 2.45) is 0 Å². The fourth-order valence-corrected chi connectivity index (χ4v) is 2.82. The highest BCUT2D eigenvalue weighted by Gasteiger charge is 2.15. The molecule has 116 valence electrons. The number of carbonyl (C=O) groups is 1. The van der Waals surface area contributed by atoms with E-state index in [-0.39, 0.29) is 5.91 Å². The van der Waals surface area contributed by atoms with Crippen molar-refractivity contribution in [3.05, 3.63) is 52.9 Å². The Balaban J connectivity index is 1.84. The van der Waals surface area contributed by atoms with Crippen LogP contribution in [0.25, 0.3) is 11.3 Å². The first-order valence-corrected chi connectivity index (χ1v) is 7.97. The zero-order chi connectivity index (χ0) is 16.2. The predicted molar refractivity (Wildman–Crippen MR) is 89.4 cm³/mol. The molecule has 0 saturated heterocycles. The molecule has 2 aromatic heterocycles. The van der Waals surface area contributed by atoms with E-state index in [1.54, 1.807) is 6.20 Å². The average molecular weight is 325 g/mol. The molecule has 1 N–H and O–H groups in total. The molecular weight excluding hydrogens is 310 g/mol. The van der Waals surface area contributed by atoms with Gasteiger partial charge in [0.2, 0.25) is 0 Å². The Hall–Kier alpha value is -2.67. The molecule has 23 heavy (non-hydrogen) atoms. The van der Waals surface area contributed by atoms with Crippen molar-refractivity contribution in [1.82, 2.24) is 19.6 Å². The lowest BCUT2D eigenvalue weighted by Crippen LogP contribution is -2.12. The van der Waals surface area contributed by atoms with Crippen molar-refractivity contribution in [3.63, 3.8) is 0 Å².